The molecule has 0 aliphatic rings. The molecule has 0 radical (unpaired) electrons. The highest BCUT2D eigenvalue weighted by Gasteiger charge is 2.19. The molecule has 0 spiro atoms. The molecule has 0 aliphatic carbocycles. The lowest BCUT2D eigenvalue weighted by atomic mass is 9.89. The minimum atomic E-state index is 0.621. The fourth-order valence-electron chi connectivity index (χ4n) is 9.14. The quantitative estimate of drug-likeness (QED) is 0.157. The monoisotopic (exact) mass is 802 g/mol. The fraction of sp³-hybridized carbons (Fsp3) is 0. The predicted octanol–water partition coefficient (Wildman–Crippen LogP) is 15.1. The molecular weight excluding hydrogens is 769 g/mol. The Morgan fingerprint density at radius 3 is 1.51 bits per heavy atom. The number of aromatic nitrogens is 3. The van der Waals surface area contributed by atoms with Gasteiger partial charge in [0.15, 0.2) is 17.5 Å². The van der Waals surface area contributed by atoms with Crippen molar-refractivity contribution in [2.45, 2.75) is 0 Å². The van der Waals surface area contributed by atoms with Crippen molar-refractivity contribution in [2.24, 2.45) is 0 Å². The van der Waals surface area contributed by atoms with Crippen molar-refractivity contribution in [1.29, 1.82) is 5.26 Å². The molecule has 12 aromatic rings. The highest BCUT2D eigenvalue weighted by Crippen LogP contribution is 2.44. The van der Waals surface area contributed by atoms with Gasteiger partial charge < -0.3 is 4.42 Å². The van der Waals surface area contributed by atoms with E-state index >= 15 is 0 Å². The molecular formula is C58H34N4O. The molecule has 5 heteroatoms. The number of para-hydroxylation sites is 1. The first-order valence-corrected chi connectivity index (χ1v) is 21.0. The third-order valence-corrected chi connectivity index (χ3v) is 12.1. The summed E-state index contributed by atoms with van der Waals surface area (Å²) in [4.78, 5) is 14.9. The average molecular weight is 803 g/mol. The maximum atomic E-state index is 9.62. The Morgan fingerprint density at radius 2 is 0.825 bits per heavy atom. The van der Waals surface area contributed by atoms with Crippen LogP contribution in [0, 0.1) is 11.3 Å². The first-order valence-electron chi connectivity index (χ1n) is 21.0. The second-order valence-corrected chi connectivity index (χ2v) is 15.8. The van der Waals surface area contributed by atoms with Crippen LogP contribution in [0.25, 0.3) is 122 Å². The van der Waals surface area contributed by atoms with Gasteiger partial charge in [-0.2, -0.15) is 5.26 Å². The summed E-state index contributed by atoms with van der Waals surface area (Å²) < 4.78 is 6.77. The van der Waals surface area contributed by atoms with E-state index in [0.717, 1.165) is 104 Å². The van der Waals surface area contributed by atoms with Gasteiger partial charge in [0.1, 0.15) is 11.2 Å². The van der Waals surface area contributed by atoms with Crippen LogP contribution in [-0.2, 0) is 0 Å². The minimum Gasteiger partial charge on any atom is -0.455 e. The molecule has 10 aromatic carbocycles. The van der Waals surface area contributed by atoms with Gasteiger partial charge in [0.2, 0.25) is 0 Å². The maximum absolute atomic E-state index is 9.62. The van der Waals surface area contributed by atoms with Crippen LogP contribution in [0.15, 0.2) is 211 Å². The van der Waals surface area contributed by atoms with E-state index in [1.165, 1.54) is 0 Å². The van der Waals surface area contributed by atoms with Gasteiger partial charge in [-0.05, 0) is 96.7 Å². The smallest absolute Gasteiger partial charge is 0.164 e. The van der Waals surface area contributed by atoms with Gasteiger partial charge in [0.05, 0.1) is 11.6 Å². The third-order valence-electron chi connectivity index (χ3n) is 12.1. The summed E-state index contributed by atoms with van der Waals surface area (Å²) in [5.74, 6) is 1.89. The summed E-state index contributed by atoms with van der Waals surface area (Å²) in [7, 11) is 0. The molecule has 0 amide bonds. The Balaban J connectivity index is 0.996. The van der Waals surface area contributed by atoms with Crippen molar-refractivity contribution >= 4 is 54.3 Å². The highest BCUT2D eigenvalue weighted by molar-refractivity contribution is 6.31. The van der Waals surface area contributed by atoms with Crippen molar-refractivity contribution < 1.29 is 4.42 Å². The maximum Gasteiger partial charge on any atom is 0.164 e. The van der Waals surface area contributed by atoms with Gasteiger partial charge in [-0.1, -0.05) is 170 Å². The molecule has 0 saturated heterocycles. The van der Waals surface area contributed by atoms with Crippen LogP contribution in [-0.4, -0.2) is 15.0 Å². The molecule has 12 rings (SSSR count). The van der Waals surface area contributed by atoms with Crippen LogP contribution in [0.5, 0.6) is 0 Å². The lowest BCUT2D eigenvalue weighted by Gasteiger charge is -2.15. The SMILES string of the molecule is N#Cc1cccc(-c2ccc3c4ccc(-c5ccc(-c6cccc(-c7nc(-c8ccccc8)nc(-c8ccccc8)n7)c6)c6ccccc56)cc4c4oc5ccccc5c4c3c2)c1. The first-order chi connectivity index (χ1) is 31.2. The van der Waals surface area contributed by atoms with E-state index in [-0.39, 0.29) is 0 Å². The standard InChI is InChI=1S/C58H34N4O/c59-35-36-13-11-18-39(31-36)40-25-27-48-49-28-26-42(34-52(49)55-54(51(48)33-40)50-23-9-10-24-53(50)63-55)45-30-29-44(46-21-7-8-22-47(45)46)41-19-12-20-43(32-41)58-61-56(37-14-3-1-4-15-37)60-57(62-58)38-16-5-2-6-17-38/h1-34H. The van der Waals surface area contributed by atoms with E-state index in [9.17, 15) is 5.26 Å². The fourth-order valence-corrected chi connectivity index (χ4v) is 9.14. The van der Waals surface area contributed by atoms with Crippen molar-refractivity contribution in [3.05, 3.63) is 212 Å². The normalized spacial score (nSPS) is 11.5. The zero-order valence-corrected chi connectivity index (χ0v) is 33.8. The molecule has 0 aliphatic heterocycles. The first kappa shape index (κ1) is 36.2. The number of fused-ring (bicyclic) bond motifs is 9. The van der Waals surface area contributed by atoms with Crippen molar-refractivity contribution in [1.82, 2.24) is 15.0 Å². The minimum absolute atomic E-state index is 0.621. The molecule has 0 N–H and O–H groups in total. The van der Waals surface area contributed by atoms with Gasteiger partial charge in [0.25, 0.3) is 0 Å². The Kier molecular flexibility index (Phi) is 8.48. The van der Waals surface area contributed by atoms with E-state index in [2.05, 4.69) is 121 Å². The van der Waals surface area contributed by atoms with Crippen LogP contribution in [0.2, 0.25) is 0 Å². The summed E-state index contributed by atoms with van der Waals surface area (Å²) in [6, 6.07) is 73.5. The van der Waals surface area contributed by atoms with Gasteiger partial charge in [-0.3, -0.25) is 0 Å². The molecule has 2 aromatic heterocycles. The number of hydrogen-bond donors (Lipinski definition) is 0. The summed E-state index contributed by atoms with van der Waals surface area (Å²) in [5, 5.41) is 18.6. The summed E-state index contributed by atoms with van der Waals surface area (Å²) in [6.45, 7) is 0. The van der Waals surface area contributed by atoms with Crippen LogP contribution in [0.1, 0.15) is 5.56 Å². The number of hydrogen-bond acceptors (Lipinski definition) is 5. The van der Waals surface area contributed by atoms with E-state index in [4.69, 9.17) is 19.4 Å². The molecule has 0 saturated carbocycles. The van der Waals surface area contributed by atoms with E-state index in [1.807, 2.05) is 91.0 Å². The largest absolute Gasteiger partial charge is 0.455 e. The Bertz CT molecular complexity index is 3750. The van der Waals surface area contributed by atoms with Crippen molar-refractivity contribution in [3.8, 4) is 73.6 Å². The molecule has 0 fully saturated rings. The van der Waals surface area contributed by atoms with Crippen LogP contribution in [0.4, 0.5) is 0 Å². The number of rotatable bonds is 6. The molecule has 0 atom stereocenters. The van der Waals surface area contributed by atoms with Gasteiger partial charge in [0, 0.05) is 32.8 Å². The molecule has 0 bridgehead atoms. The predicted molar refractivity (Wildman–Crippen MR) is 257 cm³/mol. The molecule has 63 heavy (non-hydrogen) atoms. The number of nitriles is 1. The Hall–Kier alpha value is -8.72. The van der Waals surface area contributed by atoms with Gasteiger partial charge in [-0.15, -0.1) is 0 Å². The lowest BCUT2D eigenvalue weighted by molar-refractivity contribution is 0.673. The Labute approximate surface area is 362 Å². The Morgan fingerprint density at radius 1 is 0.333 bits per heavy atom. The van der Waals surface area contributed by atoms with E-state index < -0.39 is 0 Å². The highest BCUT2D eigenvalue weighted by atomic mass is 16.3. The van der Waals surface area contributed by atoms with Crippen molar-refractivity contribution in [2.75, 3.05) is 0 Å². The van der Waals surface area contributed by atoms with Gasteiger partial charge >= 0.3 is 0 Å². The van der Waals surface area contributed by atoms with Crippen molar-refractivity contribution in [3.63, 3.8) is 0 Å². The second kappa shape index (κ2) is 14.8. The zero-order valence-electron chi connectivity index (χ0n) is 33.8. The second-order valence-electron chi connectivity index (χ2n) is 15.8. The number of furan rings is 1. The molecule has 0 unspecified atom stereocenters. The average Bonchev–Trinajstić information content (AvgIpc) is 3.77. The van der Waals surface area contributed by atoms with Crippen LogP contribution >= 0.6 is 0 Å². The topological polar surface area (TPSA) is 75.6 Å². The number of nitrogens with zero attached hydrogens (tertiary/aromatic N) is 4. The number of benzene rings is 10. The molecule has 2 heterocycles. The van der Waals surface area contributed by atoms with Gasteiger partial charge in [-0.25, -0.2) is 15.0 Å². The summed E-state index contributed by atoms with van der Waals surface area (Å²) in [6.07, 6.45) is 0. The summed E-state index contributed by atoms with van der Waals surface area (Å²) >= 11 is 0. The molecule has 5 nitrogen and oxygen atoms in total. The van der Waals surface area contributed by atoms with E-state index in [1.54, 1.807) is 0 Å². The van der Waals surface area contributed by atoms with E-state index in [0.29, 0.717) is 23.0 Å². The molecule has 292 valence electrons. The van der Waals surface area contributed by atoms with Crippen LogP contribution < -0.4 is 0 Å². The third kappa shape index (κ3) is 6.20. The summed E-state index contributed by atoms with van der Waals surface area (Å²) in [5.41, 5.74) is 11.7. The van der Waals surface area contributed by atoms with Crippen LogP contribution in [0.3, 0.4) is 0 Å². The lowest BCUT2D eigenvalue weighted by Crippen LogP contribution is -2.00. The zero-order chi connectivity index (χ0) is 41.9.